The molecule has 0 aliphatic rings. The summed E-state index contributed by atoms with van der Waals surface area (Å²) in [4.78, 5) is 8.39. The molecule has 0 bridgehead atoms. The molecule has 0 amide bonds. The van der Waals surface area contributed by atoms with Crippen LogP contribution in [0.25, 0.3) is 0 Å². The molecule has 0 radical (unpaired) electrons. The number of nitrogens with zero attached hydrogens (tertiary/aromatic N) is 2. The van der Waals surface area contributed by atoms with Crippen LogP contribution in [0.1, 0.15) is 36.3 Å². The van der Waals surface area contributed by atoms with Gasteiger partial charge in [0.2, 0.25) is 0 Å². The summed E-state index contributed by atoms with van der Waals surface area (Å²) in [5, 5.41) is 2.12. The third-order valence-electron chi connectivity index (χ3n) is 3.74. The highest BCUT2D eigenvalue weighted by atomic mass is 32.1. The SMILES string of the molecule is CCC(N)Cc1cnc(N(CC)Cc2cccs2)c(C)c1. The van der Waals surface area contributed by atoms with Crippen LogP contribution in [-0.2, 0) is 13.0 Å². The molecule has 2 rings (SSSR count). The van der Waals surface area contributed by atoms with Crippen molar-refractivity contribution in [3.8, 4) is 0 Å². The van der Waals surface area contributed by atoms with Gasteiger partial charge < -0.3 is 10.6 Å². The van der Waals surface area contributed by atoms with Gasteiger partial charge >= 0.3 is 0 Å². The maximum absolute atomic E-state index is 6.03. The molecule has 3 nitrogen and oxygen atoms in total. The topological polar surface area (TPSA) is 42.1 Å². The third kappa shape index (κ3) is 4.29. The van der Waals surface area contributed by atoms with Crippen molar-refractivity contribution in [3.63, 3.8) is 0 Å². The standard InChI is InChI=1S/C17H25N3S/c1-4-15(18)10-14-9-13(3)17(19-11-14)20(5-2)12-16-7-6-8-21-16/h6-9,11,15H,4-5,10,12,18H2,1-3H3. The first kappa shape index (κ1) is 16.0. The second-order valence-corrected chi connectivity index (χ2v) is 6.48. The summed E-state index contributed by atoms with van der Waals surface area (Å²) < 4.78 is 0. The van der Waals surface area contributed by atoms with E-state index in [0.717, 1.165) is 31.7 Å². The maximum Gasteiger partial charge on any atom is 0.131 e. The number of aryl methyl sites for hydroxylation is 1. The van der Waals surface area contributed by atoms with E-state index >= 15 is 0 Å². The highest BCUT2D eigenvalue weighted by Gasteiger charge is 2.12. The van der Waals surface area contributed by atoms with Crippen LogP contribution in [-0.4, -0.2) is 17.6 Å². The predicted octanol–water partition coefficient (Wildman–Crippen LogP) is 3.76. The smallest absolute Gasteiger partial charge is 0.131 e. The van der Waals surface area contributed by atoms with E-state index in [0.29, 0.717) is 0 Å². The summed E-state index contributed by atoms with van der Waals surface area (Å²) >= 11 is 1.80. The van der Waals surface area contributed by atoms with E-state index in [9.17, 15) is 0 Å². The van der Waals surface area contributed by atoms with E-state index in [2.05, 4.69) is 49.3 Å². The Bertz CT molecular complexity index is 551. The van der Waals surface area contributed by atoms with Crippen LogP contribution in [0.4, 0.5) is 5.82 Å². The van der Waals surface area contributed by atoms with Crippen molar-refractivity contribution in [3.05, 3.63) is 45.8 Å². The molecule has 0 aromatic carbocycles. The third-order valence-corrected chi connectivity index (χ3v) is 4.60. The summed E-state index contributed by atoms with van der Waals surface area (Å²) in [7, 11) is 0. The van der Waals surface area contributed by atoms with Gasteiger partial charge in [-0.2, -0.15) is 0 Å². The average Bonchev–Trinajstić information content (AvgIpc) is 2.98. The van der Waals surface area contributed by atoms with Crippen LogP contribution in [0.15, 0.2) is 29.8 Å². The fraction of sp³-hybridized carbons (Fsp3) is 0.471. The van der Waals surface area contributed by atoms with Gasteiger partial charge in [0.05, 0.1) is 6.54 Å². The zero-order valence-electron chi connectivity index (χ0n) is 13.2. The molecule has 21 heavy (non-hydrogen) atoms. The second kappa shape index (κ2) is 7.57. The molecule has 0 aliphatic heterocycles. The summed E-state index contributed by atoms with van der Waals surface area (Å²) in [6.07, 6.45) is 3.89. The Hall–Kier alpha value is -1.39. The fourth-order valence-corrected chi connectivity index (χ4v) is 3.16. The highest BCUT2D eigenvalue weighted by Crippen LogP contribution is 2.22. The summed E-state index contributed by atoms with van der Waals surface area (Å²) in [6, 6.07) is 6.74. The molecule has 0 saturated carbocycles. The van der Waals surface area contributed by atoms with Crippen molar-refractivity contribution < 1.29 is 0 Å². The molecule has 1 unspecified atom stereocenters. The van der Waals surface area contributed by atoms with Crippen molar-refractivity contribution in [1.29, 1.82) is 0 Å². The molecule has 1 atom stereocenters. The molecule has 2 N–H and O–H groups in total. The largest absolute Gasteiger partial charge is 0.352 e. The van der Waals surface area contributed by atoms with Crippen LogP contribution in [0.5, 0.6) is 0 Å². The lowest BCUT2D eigenvalue weighted by molar-refractivity contribution is 0.644. The Kier molecular flexibility index (Phi) is 5.76. The van der Waals surface area contributed by atoms with Crippen LogP contribution >= 0.6 is 11.3 Å². The summed E-state index contributed by atoms with van der Waals surface area (Å²) in [5.74, 6) is 1.08. The molecular weight excluding hydrogens is 278 g/mol. The molecule has 0 fully saturated rings. The fourth-order valence-electron chi connectivity index (χ4n) is 2.44. The molecular formula is C17H25N3S. The minimum Gasteiger partial charge on any atom is -0.352 e. The zero-order chi connectivity index (χ0) is 15.2. The molecule has 4 heteroatoms. The molecule has 2 aromatic heterocycles. The number of thiophene rings is 1. The average molecular weight is 303 g/mol. The van der Waals surface area contributed by atoms with Gasteiger partial charge in [0.1, 0.15) is 5.82 Å². The van der Waals surface area contributed by atoms with Gasteiger partial charge in [-0.25, -0.2) is 4.98 Å². The van der Waals surface area contributed by atoms with Gasteiger partial charge in [-0.1, -0.05) is 19.1 Å². The zero-order valence-corrected chi connectivity index (χ0v) is 14.0. The van der Waals surface area contributed by atoms with Crippen LogP contribution in [0, 0.1) is 6.92 Å². The minimum absolute atomic E-state index is 0.227. The van der Waals surface area contributed by atoms with Crippen LogP contribution < -0.4 is 10.6 Å². The van der Waals surface area contributed by atoms with Crippen molar-refractivity contribution in [1.82, 2.24) is 4.98 Å². The highest BCUT2D eigenvalue weighted by molar-refractivity contribution is 7.09. The van der Waals surface area contributed by atoms with Gasteiger partial charge in [-0.3, -0.25) is 0 Å². The Morgan fingerprint density at radius 1 is 1.38 bits per heavy atom. The number of nitrogens with two attached hydrogens (primary N) is 1. The summed E-state index contributed by atoms with van der Waals surface area (Å²) in [6.45, 7) is 8.32. The number of rotatable bonds is 7. The Balaban J connectivity index is 2.14. The number of pyridine rings is 1. The van der Waals surface area contributed by atoms with E-state index in [1.807, 2.05) is 6.20 Å². The van der Waals surface area contributed by atoms with Gasteiger partial charge in [0.25, 0.3) is 0 Å². The van der Waals surface area contributed by atoms with Gasteiger partial charge in [0.15, 0.2) is 0 Å². The second-order valence-electron chi connectivity index (χ2n) is 5.45. The van der Waals surface area contributed by atoms with Gasteiger partial charge in [0, 0.05) is 23.7 Å². The van der Waals surface area contributed by atoms with E-state index in [1.54, 1.807) is 11.3 Å². The predicted molar refractivity (Wildman–Crippen MR) is 92.0 cm³/mol. The molecule has 2 aromatic rings. The Morgan fingerprint density at radius 2 is 2.19 bits per heavy atom. The Morgan fingerprint density at radius 3 is 2.76 bits per heavy atom. The molecule has 0 aliphatic carbocycles. The van der Waals surface area contributed by atoms with Crippen molar-refractivity contribution in [2.75, 3.05) is 11.4 Å². The van der Waals surface area contributed by atoms with E-state index in [1.165, 1.54) is 16.0 Å². The van der Waals surface area contributed by atoms with Crippen LogP contribution in [0.2, 0.25) is 0 Å². The minimum atomic E-state index is 0.227. The number of hydrogen-bond donors (Lipinski definition) is 1. The first-order valence-corrected chi connectivity index (χ1v) is 8.50. The lowest BCUT2D eigenvalue weighted by atomic mass is 10.0. The van der Waals surface area contributed by atoms with Crippen LogP contribution in [0.3, 0.4) is 0 Å². The quantitative estimate of drug-likeness (QED) is 0.847. The molecule has 2 heterocycles. The molecule has 114 valence electrons. The monoisotopic (exact) mass is 303 g/mol. The Labute approximate surface area is 131 Å². The van der Waals surface area contributed by atoms with E-state index in [4.69, 9.17) is 10.7 Å². The van der Waals surface area contributed by atoms with E-state index < -0.39 is 0 Å². The molecule has 0 saturated heterocycles. The first-order valence-electron chi connectivity index (χ1n) is 7.62. The molecule has 0 spiro atoms. The lowest BCUT2D eigenvalue weighted by Crippen LogP contribution is -2.24. The van der Waals surface area contributed by atoms with Crippen molar-refractivity contribution in [2.45, 2.75) is 46.2 Å². The van der Waals surface area contributed by atoms with E-state index in [-0.39, 0.29) is 6.04 Å². The number of aromatic nitrogens is 1. The maximum atomic E-state index is 6.03. The van der Waals surface area contributed by atoms with Gasteiger partial charge in [-0.15, -0.1) is 11.3 Å². The van der Waals surface area contributed by atoms with Crippen molar-refractivity contribution >= 4 is 17.2 Å². The summed E-state index contributed by atoms with van der Waals surface area (Å²) in [5.41, 5.74) is 8.50. The number of anilines is 1. The number of hydrogen-bond acceptors (Lipinski definition) is 4. The van der Waals surface area contributed by atoms with Gasteiger partial charge in [-0.05, 0) is 49.3 Å². The van der Waals surface area contributed by atoms with Crippen molar-refractivity contribution in [2.24, 2.45) is 5.73 Å². The normalized spacial score (nSPS) is 12.4. The lowest BCUT2D eigenvalue weighted by Gasteiger charge is -2.23. The first-order chi connectivity index (χ1) is 10.1.